The topological polar surface area (TPSA) is 86.8 Å². The summed E-state index contributed by atoms with van der Waals surface area (Å²) in [7, 11) is -3.54. The van der Waals surface area contributed by atoms with Crippen LogP contribution in [0.25, 0.3) is 0 Å². The van der Waals surface area contributed by atoms with Crippen molar-refractivity contribution in [1.29, 1.82) is 0 Å². The highest BCUT2D eigenvalue weighted by Crippen LogP contribution is 2.21. The van der Waals surface area contributed by atoms with Crippen molar-refractivity contribution in [3.05, 3.63) is 65.2 Å². The van der Waals surface area contributed by atoms with Gasteiger partial charge in [-0.05, 0) is 62.9 Å². The maximum atomic E-state index is 13.3. The van der Waals surface area contributed by atoms with Gasteiger partial charge in [0, 0.05) is 30.6 Å². The molecule has 2 rings (SSSR count). The van der Waals surface area contributed by atoms with Crippen LogP contribution in [-0.4, -0.2) is 56.6 Å². The maximum Gasteiger partial charge on any atom is 0.242 e. The van der Waals surface area contributed by atoms with Gasteiger partial charge in [0.2, 0.25) is 21.8 Å². The van der Waals surface area contributed by atoms with E-state index in [0.717, 1.165) is 11.8 Å². The lowest BCUT2D eigenvalue weighted by molar-refractivity contribution is -0.141. The van der Waals surface area contributed by atoms with Gasteiger partial charge in [-0.25, -0.2) is 8.42 Å². The lowest BCUT2D eigenvalue weighted by Crippen LogP contribution is -2.51. The highest BCUT2D eigenvalue weighted by molar-refractivity contribution is 7.92. The van der Waals surface area contributed by atoms with E-state index in [1.54, 1.807) is 29.2 Å². The highest BCUT2D eigenvalue weighted by Gasteiger charge is 2.28. The van der Waals surface area contributed by atoms with Crippen LogP contribution < -0.4 is 9.62 Å². The van der Waals surface area contributed by atoms with Crippen molar-refractivity contribution in [2.24, 2.45) is 0 Å². The number of halogens is 1. The zero-order chi connectivity index (χ0) is 26.0. The average molecular weight is 522 g/mol. The van der Waals surface area contributed by atoms with Crippen molar-refractivity contribution >= 4 is 39.1 Å². The first-order chi connectivity index (χ1) is 16.5. The van der Waals surface area contributed by atoms with Crippen LogP contribution in [0.2, 0.25) is 5.02 Å². The van der Waals surface area contributed by atoms with Gasteiger partial charge < -0.3 is 10.2 Å². The summed E-state index contributed by atoms with van der Waals surface area (Å²) < 4.78 is 26.0. The molecule has 2 aromatic carbocycles. The minimum atomic E-state index is -3.54. The summed E-state index contributed by atoms with van der Waals surface area (Å²) in [6, 6.07) is 15.7. The van der Waals surface area contributed by atoms with Crippen LogP contribution in [0.15, 0.2) is 54.6 Å². The fourth-order valence-corrected chi connectivity index (χ4v) is 4.98. The molecule has 0 fully saturated rings. The Balaban J connectivity index is 2.14. The zero-order valence-corrected chi connectivity index (χ0v) is 22.5. The molecule has 0 aliphatic carbocycles. The summed E-state index contributed by atoms with van der Waals surface area (Å²) in [6.45, 7) is 6.21. The molecular formula is C26H36ClN3O4S. The van der Waals surface area contributed by atoms with Gasteiger partial charge in [0.15, 0.2) is 0 Å². The van der Waals surface area contributed by atoms with Crippen molar-refractivity contribution in [3.63, 3.8) is 0 Å². The van der Waals surface area contributed by atoms with Crippen molar-refractivity contribution in [1.82, 2.24) is 10.2 Å². The summed E-state index contributed by atoms with van der Waals surface area (Å²) in [5.41, 5.74) is 1.57. The number of hydrogen-bond acceptors (Lipinski definition) is 4. The molecule has 7 nitrogen and oxygen atoms in total. The molecule has 0 spiro atoms. The molecule has 0 heterocycles. The number of rotatable bonds is 13. The Bertz CT molecular complexity index is 1060. The maximum absolute atomic E-state index is 13.3. The fourth-order valence-electron chi connectivity index (χ4n) is 3.89. The van der Waals surface area contributed by atoms with Crippen LogP contribution in [0.4, 0.5) is 5.69 Å². The second-order valence-electron chi connectivity index (χ2n) is 8.83. The second-order valence-corrected chi connectivity index (χ2v) is 11.2. The van der Waals surface area contributed by atoms with E-state index in [9.17, 15) is 18.0 Å². The van der Waals surface area contributed by atoms with E-state index in [1.165, 1.54) is 4.31 Å². The van der Waals surface area contributed by atoms with Crippen LogP contribution in [0.5, 0.6) is 0 Å². The van der Waals surface area contributed by atoms with Crippen LogP contribution in [0, 0.1) is 0 Å². The third kappa shape index (κ3) is 9.18. The van der Waals surface area contributed by atoms with Gasteiger partial charge in [0.25, 0.3) is 0 Å². The standard InChI is InChI=1S/C26H36ClN3O4S/c1-5-24(26(32)28-20(2)3)29(19-17-21-10-7-6-8-11-21)25(31)12-9-18-30(35(4,33)34)23-15-13-22(27)14-16-23/h6-8,10-11,13-16,20,24H,5,9,12,17-19H2,1-4H3,(H,28,32)/t24-/m0/s1. The van der Waals surface area contributed by atoms with E-state index >= 15 is 0 Å². The van der Waals surface area contributed by atoms with Crippen molar-refractivity contribution in [3.8, 4) is 0 Å². The van der Waals surface area contributed by atoms with Crippen molar-refractivity contribution in [2.75, 3.05) is 23.7 Å². The van der Waals surface area contributed by atoms with Gasteiger partial charge >= 0.3 is 0 Å². The Morgan fingerprint density at radius 1 is 1.00 bits per heavy atom. The number of nitrogens with one attached hydrogen (secondary N) is 1. The third-order valence-corrected chi connectivity index (χ3v) is 7.01. The summed E-state index contributed by atoms with van der Waals surface area (Å²) in [5, 5.41) is 3.43. The molecule has 0 aliphatic heterocycles. The third-order valence-electron chi connectivity index (χ3n) is 5.57. The largest absolute Gasteiger partial charge is 0.352 e. The SMILES string of the molecule is CC[C@@H](C(=O)NC(C)C)N(CCc1ccccc1)C(=O)CCCN(c1ccc(Cl)cc1)S(C)(=O)=O. The van der Waals surface area contributed by atoms with E-state index in [0.29, 0.717) is 36.5 Å². The van der Waals surface area contributed by atoms with E-state index < -0.39 is 16.1 Å². The molecule has 0 aromatic heterocycles. The van der Waals surface area contributed by atoms with Gasteiger partial charge in [-0.2, -0.15) is 0 Å². The van der Waals surface area contributed by atoms with Gasteiger partial charge in [-0.1, -0.05) is 48.9 Å². The van der Waals surface area contributed by atoms with Crippen LogP contribution in [0.3, 0.4) is 0 Å². The van der Waals surface area contributed by atoms with Crippen LogP contribution >= 0.6 is 11.6 Å². The first-order valence-electron chi connectivity index (χ1n) is 11.9. The molecule has 0 saturated carbocycles. The van der Waals surface area contributed by atoms with Gasteiger partial charge in [0.1, 0.15) is 6.04 Å². The number of hydrogen-bond donors (Lipinski definition) is 1. The molecule has 0 radical (unpaired) electrons. The predicted molar refractivity (Wildman–Crippen MR) is 142 cm³/mol. The molecule has 35 heavy (non-hydrogen) atoms. The molecule has 1 atom stereocenters. The van der Waals surface area contributed by atoms with E-state index in [4.69, 9.17) is 11.6 Å². The Morgan fingerprint density at radius 2 is 1.63 bits per heavy atom. The lowest BCUT2D eigenvalue weighted by Gasteiger charge is -2.31. The van der Waals surface area contributed by atoms with E-state index in [1.807, 2.05) is 51.1 Å². The Kier molecular flexibility index (Phi) is 11.0. The molecule has 2 amide bonds. The molecule has 0 bridgehead atoms. The minimum Gasteiger partial charge on any atom is -0.352 e. The number of benzene rings is 2. The van der Waals surface area contributed by atoms with Crippen molar-refractivity contribution in [2.45, 2.75) is 58.5 Å². The van der Waals surface area contributed by atoms with Gasteiger partial charge in [-0.3, -0.25) is 13.9 Å². The van der Waals surface area contributed by atoms with E-state index in [-0.39, 0.29) is 30.8 Å². The number of carbonyl (C=O) groups is 2. The smallest absolute Gasteiger partial charge is 0.242 e. The van der Waals surface area contributed by atoms with Gasteiger partial charge in [-0.15, -0.1) is 0 Å². The second kappa shape index (κ2) is 13.5. The molecular weight excluding hydrogens is 486 g/mol. The quantitative estimate of drug-likeness (QED) is 0.426. The number of anilines is 1. The Morgan fingerprint density at radius 3 is 2.17 bits per heavy atom. The normalized spacial score (nSPS) is 12.3. The van der Waals surface area contributed by atoms with Gasteiger partial charge in [0.05, 0.1) is 11.9 Å². The summed E-state index contributed by atoms with van der Waals surface area (Å²) in [6.07, 6.45) is 2.69. The molecule has 0 aliphatic rings. The molecule has 0 saturated heterocycles. The molecule has 192 valence electrons. The first kappa shape index (κ1) is 28.7. The number of amides is 2. The number of carbonyl (C=O) groups excluding carboxylic acids is 2. The zero-order valence-electron chi connectivity index (χ0n) is 20.9. The van der Waals surface area contributed by atoms with E-state index in [2.05, 4.69) is 5.32 Å². The highest BCUT2D eigenvalue weighted by atomic mass is 35.5. The minimum absolute atomic E-state index is 0.0367. The van der Waals surface area contributed by atoms with Crippen molar-refractivity contribution < 1.29 is 18.0 Å². The molecule has 1 N–H and O–H groups in total. The Labute approximate surface area is 214 Å². The molecule has 9 heteroatoms. The molecule has 2 aromatic rings. The lowest BCUT2D eigenvalue weighted by atomic mass is 10.1. The molecule has 0 unspecified atom stereocenters. The van der Waals surface area contributed by atoms with Crippen LogP contribution in [-0.2, 0) is 26.0 Å². The number of nitrogens with zero attached hydrogens (tertiary/aromatic N) is 2. The summed E-state index contributed by atoms with van der Waals surface area (Å²) >= 11 is 5.93. The Hall–Kier alpha value is -2.58. The van der Waals surface area contributed by atoms with Crippen LogP contribution in [0.1, 0.15) is 45.6 Å². The predicted octanol–water partition coefficient (Wildman–Crippen LogP) is 4.26. The first-order valence-corrected chi connectivity index (χ1v) is 14.1. The fraction of sp³-hybridized carbons (Fsp3) is 0.462. The number of sulfonamides is 1. The average Bonchev–Trinajstić information content (AvgIpc) is 2.79. The summed E-state index contributed by atoms with van der Waals surface area (Å²) in [4.78, 5) is 27.8. The monoisotopic (exact) mass is 521 g/mol. The summed E-state index contributed by atoms with van der Waals surface area (Å²) in [5.74, 6) is -0.348.